The van der Waals surface area contributed by atoms with Crippen LogP contribution in [-0.2, 0) is 11.2 Å². The van der Waals surface area contributed by atoms with Crippen molar-refractivity contribution in [2.24, 2.45) is 5.92 Å². The average molecular weight is 566 g/mol. The molecule has 5 aromatic rings. The molecule has 41 heavy (non-hydrogen) atoms. The summed E-state index contributed by atoms with van der Waals surface area (Å²) in [6, 6.07) is 25.9. The third kappa shape index (κ3) is 5.49. The van der Waals surface area contributed by atoms with Gasteiger partial charge in [0.05, 0.1) is 24.1 Å². The number of carbonyl (C=O) groups is 1. The molecular formula is C35H36ClN3O2. The molecule has 2 unspecified atom stereocenters. The Labute approximate surface area is 246 Å². The largest absolute Gasteiger partial charge is 0.394 e. The van der Waals surface area contributed by atoms with Crippen molar-refractivity contribution in [3.63, 3.8) is 0 Å². The third-order valence-corrected chi connectivity index (χ3v) is 8.87. The van der Waals surface area contributed by atoms with Gasteiger partial charge in [-0.15, -0.1) is 0 Å². The highest BCUT2D eigenvalue weighted by atomic mass is 35.5. The molecule has 0 spiro atoms. The lowest BCUT2D eigenvalue weighted by atomic mass is 9.83. The Bertz CT molecular complexity index is 1690. The summed E-state index contributed by atoms with van der Waals surface area (Å²) in [6.07, 6.45) is 5.10. The van der Waals surface area contributed by atoms with Crippen LogP contribution in [0, 0.1) is 19.8 Å². The quantitative estimate of drug-likeness (QED) is 0.205. The molecule has 1 saturated carbocycles. The van der Waals surface area contributed by atoms with Gasteiger partial charge in [0.25, 0.3) is 0 Å². The standard InChI is InChI=1S/C35H36ClN3O2/c1-22-18-23(2)39-32-17-16-28(36)20-29(32)30(34(39)37-22)19-24-12-14-27(15-13-24)33(26-10-6-7-11-26)35(41)38-31(21-40)25-8-4-3-5-9-25/h3-5,8-9,12-18,20,26,31,33,40H,6-7,10-11,19,21H2,1-2H3,(H,38,41). The highest BCUT2D eigenvalue weighted by molar-refractivity contribution is 6.31. The van der Waals surface area contributed by atoms with E-state index in [4.69, 9.17) is 16.6 Å². The van der Waals surface area contributed by atoms with Crippen LogP contribution in [-0.4, -0.2) is 27.0 Å². The fourth-order valence-corrected chi connectivity index (χ4v) is 6.86. The maximum Gasteiger partial charge on any atom is 0.228 e. The first-order chi connectivity index (χ1) is 19.9. The zero-order valence-corrected chi connectivity index (χ0v) is 24.4. The number of amides is 1. The number of aryl methyl sites for hydroxylation is 2. The van der Waals surface area contributed by atoms with Crippen LogP contribution in [0.5, 0.6) is 0 Å². The number of nitrogens with zero attached hydrogens (tertiary/aromatic N) is 2. The Morgan fingerprint density at radius 3 is 2.44 bits per heavy atom. The van der Waals surface area contributed by atoms with Gasteiger partial charge in [0.2, 0.25) is 5.91 Å². The third-order valence-electron chi connectivity index (χ3n) is 8.63. The normalized spacial score (nSPS) is 15.4. The van der Waals surface area contributed by atoms with Crippen molar-refractivity contribution in [3.05, 3.63) is 118 Å². The molecule has 0 aliphatic heterocycles. The molecule has 210 valence electrons. The van der Waals surface area contributed by atoms with Crippen molar-refractivity contribution in [2.75, 3.05) is 6.61 Å². The minimum absolute atomic E-state index is 0.0123. The Kier molecular flexibility index (Phi) is 7.83. The van der Waals surface area contributed by atoms with Crippen LogP contribution in [0.1, 0.15) is 71.3 Å². The number of nitrogens with one attached hydrogen (secondary N) is 1. The fourth-order valence-electron chi connectivity index (χ4n) is 6.69. The van der Waals surface area contributed by atoms with Gasteiger partial charge in [-0.25, -0.2) is 4.98 Å². The van der Waals surface area contributed by atoms with E-state index in [0.717, 1.165) is 75.9 Å². The number of aromatic nitrogens is 2. The summed E-state index contributed by atoms with van der Waals surface area (Å²) in [6.45, 7) is 4.01. The summed E-state index contributed by atoms with van der Waals surface area (Å²) in [5.74, 6) is 0.0422. The van der Waals surface area contributed by atoms with E-state index >= 15 is 0 Å². The van der Waals surface area contributed by atoms with E-state index in [1.807, 2.05) is 49.4 Å². The second kappa shape index (κ2) is 11.7. The first-order valence-corrected chi connectivity index (χ1v) is 14.9. The molecule has 0 radical (unpaired) electrons. The van der Waals surface area contributed by atoms with E-state index in [9.17, 15) is 9.90 Å². The topological polar surface area (TPSA) is 66.6 Å². The molecule has 0 bridgehead atoms. The number of aliphatic hydroxyl groups excluding tert-OH is 1. The molecule has 5 nitrogen and oxygen atoms in total. The Morgan fingerprint density at radius 1 is 1.00 bits per heavy atom. The van der Waals surface area contributed by atoms with E-state index in [-0.39, 0.29) is 18.4 Å². The van der Waals surface area contributed by atoms with Gasteiger partial charge in [0.15, 0.2) is 0 Å². The van der Waals surface area contributed by atoms with Crippen LogP contribution in [0.2, 0.25) is 5.02 Å². The van der Waals surface area contributed by atoms with Crippen molar-refractivity contribution in [1.82, 2.24) is 14.7 Å². The minimum atomic E-state index is -0.422. The molecule has 6 heteroatoms. The van der Waals surface area contributed by atoms with Gasteiger partial charge >= 0.3 is 0 Å². The van der Waals surface area contributed by atoms with E-state index in [2.05, 4.69) is 53.0 Å². The van der Waals surface area contributed by atoms with Gasteiger partial charge in [0, 0.05) is 33.8 Å². The van der Waals surface area contributed by atoms with Gasteiger partial charge in [0.1, 0.15) is 5.65 Å². The number of hydrogen-bond donors (Lipinski definition) is 2. The fraction of sp³-hybridized carbons (Fsp3) is 0.314. The molecule has 6 rings (SSSR count). The van der Waals surface area contributed by atoms with Gasteiger partial charge in [-0.05, 0) is 73.6 Å². The van der Waals surface area contributed by atoms with Gasteiger partial charge in [-0.1, -0.05) is 79.0 Å². The molecular weight excluding hydrogens is 530 g/mol. The average Bonchev–Trinajstić information content (AvgIpc) is 3.60. The van der Waals surface area contributed by atoms with Crippen LogP contribution in [0.15, 0.2) is 78.9 Å². The summed E-state index contributed by atoms with van der Waals surface area (Å²) in [7, 11) is 0. The molecule has 1 aliphatic carbocycles. The predicted molar refractivity (Wildman–Crippen MR) is 166 cm³/mol. The molecule has 0 saturated heterocycles. The molecule has 2 aromatic heterocycles. The lowest BCUT2D eigenvalue weighted by molar-refractivity contribution is -0.124. The number of fused-ring (bicyclic) bond motifs is 3. The van der Waals surface area contributed by atoms with Crippen LogP contribution in [0.4, 0.5) is 0 Å². The summed E-state index contributed by atoms with van der Waals surface area (Å²) >= 11 is 6.44. The molecule has 2 N–H and O–H groups in total. The van der Waals surface area contributed by atoms with Crippen LogP contribution in [0.25, 0.3) is 16.6 Å². The second-order valence-corrected chi connectivity index (χ2v) is 11.9. The van der Waals surface area contributed by atoms with Crippen LogP contribution < -0.4 is 5.32 Å². The number of benzene rings is 3. The highest BCUT2D eigenvalue weighted by Crippen LogP contribution is 2.38. The number of hydrogen-bond acceptors (Lipinski definition) is 3. The Morgan fingerprint density at radius 2 is 1.73 bits per heavy atom. The van der Waals surface area contributed by atoms with Gasteiger partial charge in [-0.2, -0.15) is 0 Å². The summed E-state index contributed by atoms with van der Waals surface area (Å²) in [5, 5.41) is 15.1. The van der Waals surface area contributed by atoms with Crippen molar-refractivity contribution >= 4 is 34.1 Å². The summed E-state index contributed by atoms with van der Waals surface area (Å²) < 4.78 is 2.22. The number of carbonyl (C=O) groups excluding carboxylic acids is 1. The second-order valence-electron chi connectivity index (χ2n) is 11.4. The maximum absolute atomic E-state index is 13.8. The highest BCUT2D eigenvalue weighted by Gasteiger charge is 2.33. The molecule has 1 fully saturated rings. The monoisotopic (exact) mass is 565 g/mol. The number of aliphatic hydroxyl groups is 1. The lowest BCUT2D eigenvalue weighted by Gasteiger charge is -2.26. The molecule has 2 heterocycles. The molecule has 2 atom stereocenters. The van der Waals surface area contributed by atoms with Crippen molar-refractivity contribution < 1.29 is 9.90 Å². The SMILES string of the molecule is Cc1cc(C)n2c(n1)c(Cc1ccc(C(C(=O)NC(CO)c3ccccc3)C3CCCC3)cc1)c1cc(Cl)ccc12. The van der Waals surface area contributed by atoms with Crippen LogP contribution in [0.3, 0.4) is 0 Å². The maximum atomic E-state index is 13.8. The Balaban J connectivity index is 1.31. The first kappa shape index (κ1) is 27.5. The zero-order chi connectivity index (χ0) is 28.5. The van der Waals surface area contributed by atoms with E-state index in [0.29, 0.717) is 17.4 Å². The predicted octanol–water partition coefficient (Wildman–Crippen LogP) is 7.47. The molecule has 1 aliphatic rings. The number of rotatable bonds is 8. The smallest absolute Gasteiger partial charge is 0.228 e. The summed E-state index contributed by atoms with van der Waals surface area (Å²) in [4.78, 5) is 18.7. The van der Waals surface area contributed by atoms with Crippen molar-refractivity contribution in [1.29, 1.82) is 0 Å². The van der Waals surface area contributed by atoms with Crippen molar-refractivity contribution in [3.8, 4) is 0 Å². The lowest BCUT2D eigenvalue weighted by Crippen LogP contribution is -2.37. The van der Waals surface area contributed by atoms with Crippen molar-refractivity contribution in [2.45, 2.75) is 57.9 Å². The van der Waals surface area contributed by atoms with E-state index in [1.165, 1.54) is 0 Å². The van der Waals surface area contributed by atoms with Gasteiger partial charge < -0.3 is 10.4 Å². The molecule has 1 amide bonds. The summed E-state index contributed by atoms with van der Waals surface area (Å²) in [5.41, 5.74) is 8.45. The first-order valence-electron chi connectivity index (χ1n) is 14.5. The number of halogens is 1. The van der Waals surface area contributed by atoms with E-state index < -0.39 is 6.04 Å². The minimum Gasteiger partial charge on any atom is -0.394 e. The zero-order valence-electron chi connectivity index (χ0n) is 23.6. The van der Waals surface area contributed by atoms with Gasteiger partial charge in [-0.3, -0.25) is 9.20 Å². The van der Waals surface area contributed by atoms with Crippen LogP contribution >= 0.6 is 11.6 Å². The Hall–Kier alpha value is -3.67. The van der Waals surface area contributed by atoms with E-state index in [1.54, 1.807) is 0 Å². The molecule has 3 aromatic carbocycles.